The average Bonchev–Trinajstić information content (AvgIpc) is 2.41. The molecular formula is C12H23N5O. The first kappa shape index (κ1) is 14.7. The van der Waals surface area contributed by atoms with E-state index in [0.29, 0.717) is 12.4 Å². The Morgan fingerprint density at radius 2 is 2.17 bits per heavy atom. The Morgan fingerprint density at radius 3 is 2.72 bits per heavy atom. The number of nitrogen functional groups attached to an aromatic ring is 1. The number of rotatable bonds is 8. The number of methoxy groups -OCH3 is 1. The first-order chi connectivity index (χ1) is 8.78. The van der Waals surface area contributed by atoms with E-state index >= 15 is 0 Å². The minimum absolute atomic E-state index is 0.675. The third kappa shape index (κ3) is 3.54. The Hall–Kier alpha value is -1.40. The monoisotopic (exact) mass is 253 g/mol. The number of hydrogen-bond acceptors (Lipinski definition) is 6. The van der Waals surface area contributed by atoms with Crippen molar-refractivity contribution < 1.29 is 4.74 Å². The van der Waals surface area contributed by atoms with Crippen molar-refractivity contribution in [2.75, 3.05) is 37.1 Å². The van der Waals surface area contributed by atoms with Crippen LogP contribution in [0.3, 0.4) is 0 Å². The first-order valence-electron chi connectivity index (χ1n) is 6.32. The maximum absolute atomic E-state index is 5.51. The molecule has 1 rings (SSSR count). The van der Waals surface area contributed by atoms with Gasteiger partial charge in [0.2, 0.25) is 0 Å². The zero-order valence-corrected chi connectivity index (χ0v) is 11.4. The lowest BCUT2D eigenvalue weighted by molar-refractivity contribution is 0.205. The topological polar surface area (TPSA) is 76.3 Å². The van der Waals surface area contributed by atoms with Gasteiger partial charge in [-0.15, -0.1) is 0 Å². The molecule has 0 amide bonds. The van der Waals surface area contributed by atoms with Crippen LogP contribution in [0.2, 0.25) is 0 Å². The molecule has 6 nitrogen and oxygen atoms in total. The van der Waals surface area contributed by atoms with E-state index in [-0.39, 0.29) is 0 Å². The van der Waals surface area contributed by atoms with Gasteiger partial charge in [0.1, 0.15) is 18.0 Å². The molecule has 0 spiro atoms. The number of aromatic nitrogens is 2. The summed E-state index contributed by atoms with van der Waals surface area (Å²) in [4.78, 5) is 10.7. The van der Waals surface area contributed by atoms with Crippen molar-refractivity contribution in [1.82, 2.24) is 9.97 Å². The van der Waals surface area contributed by atoms with Crippen molar-refractivity contribution in [3.8, 4) is 0 Å². The van der Waals surface area contributed by atoms with Crippen molar-refractivity contribution in [2.24, 2.45) is 5.84 Å². The molecule has 1 aromatic rings. The number of likely N-dealkylation sites (N-methyl/N-ethyl adjacent to an activating group) is 1. The summed E-state index contributed by atoms with van der Waals surface area (Å²) in [5, 5.41) is 0. The van der Waals surface area contributed by atoms with Crippen molar-refractivity contribution in [2.45, 2.75) is 26.7 Å². The van der Waals surface area contributed by atoms with Crippen molar-refractivity contribution >= 4 is 11.6 Å². The minimum atomic E-state index is 0.675. The highest BCUT2D eigenvalue weighted by molar-refractivity contribution is 5.58. The molecule has 0 aromatic carbocycles. The van der Waals surface area contributed by atoms with Crippen LogP contribution in [0.25, 0.3) is 0 Å². The van der Waals surface area contributed by atoms with Crippen LogP contribution < -0.4 is 16.2 Å². The maximum atomic E-state index is 5.51. The summed E-state index contributed by atoms with van der Waals surface area (Å²) in [7, 11) is 1.70. The summed E-state index contributed by atoms with van der Waals surface area (Å²) < 4.78 is 5.13. The van der Waals surface area contributed by atoms with Crippen LogP contribution in [0.1, 0.15) is 25.8 Å². The van der Waals surface area contributed by atoms with E-state index in [2.05, 4.69) is 34.1 Å². The molecule has 0 atom stereocenters. The van der Waals surface area contributed by atoms with Gasteiger partial charge in [-0.25, -0.2) is 15.8 Å². The quantitative estimate of drug-likeness (QED) is 0.535. The van der Waals surface area contributed by atoms with E-state index in [4.69, 9.17) is 10.6 Å². The highest BCUT2D eigenvalue weighted by Gasteiger charge is 2.15. The second-order valence-electron chi connectivity index (χ2n) is 3.99. The summed E-state index contributed by atoms with van der Waals surface area (Å²) in [6, 6.07) is 0. The molecule has 1 heterocycles. The Bertz CT molecular complexity index is 358. The minimum Gasteiger partial charge on any atom is -0.383 e. The van der Waals surface area contributed by atoms with Gasteiger partial charge in [-0.05, 0) is 13.3 Å². The molecule has 0 aliphatic carbocycles. The third-order valence-electron chi connectivity index (χ3n) is 2.81. The predicted molar refractivity (Wildman–Crippen MR) is 73.6 cm³/mol. The van der Waals surface area contributed by atoms with Gasteiger partial charge in [-0.1, -0.05) is 13.3 Å². The molecule has 6 heteroatoms. The van der Waals surface area contributed by atoms with Crippen LogP contribution in [0.15, 0.2) is 6.33 Å². The lowest BCUT2D eigenvalue weighted by atomic mass is 10.1. The Labute approximate surface area is 109 Å². The number of hydrazine groups is 1. The summed E-state index contributed by atoms with van der Waals surface area (Å²) in [5.74, 6) is 7.16. The number of anilines is 2. The van der Waals surface area contributed by atoms with Crippen LogP contribution in [-0.2, 0) is 11.2 Å². The molecule has 0 aliphatic rings. The third-order valence-corrected chi connectivity index (χ3v) is 2.81. The van der Waals surface area contributed by atoms with E-state index in [1.54, 1.807) is 13.4 Å². The molecule has 0 unspecified atom stereocenters. The summed E-state index contributed by atoms with van der Waals surface area (Å²) >= 11 is 0. The fourth-order valence-electron chi connectivity index (χ4n) is 1.90. The van der Waals surface area contributed by atoms with Crippen molar-refractivity contribution in [3.05, 3.63) is 11.9 Å². The van der Waals surface area contributed by atoms with Crippen LogP contribution in [0.5, 0.6) is 0 Å². The molecule has 0 saturated heterocycles. The van der Waals surface area contributed by atoms with Crippen molar-refractivity contribution in [3.63, 3.8) is 0 Å². The largest absolute Gasteiger partial charge is 0.383 e. The average molecular weight is 253 g/mol. The fourth-order valence-corrected chi connectivity index (χ4v) is 1.90. The Balaban J connectivity index is 3.03. The first-order valence-corrected chi connectivity index (χ1v) is 6.32. The molecule has 0 aliphatic heterocycles. The van der Waals surface area contributed by atoms with E-state index in [1.807, 2.05) is 0 Å². The fraction of sp³-hybridized carbons (Fsp3) is 0.667. The van der Waals surface area contributed by atoms with E-state index in [1.165, 1.54) is 0 Å². The van der Waals surface area contributed by atoms with Crippen molar-refractivity contribution in [1.29, 1.82) is 0 Å². The number of nitrogens with zero attached hydrogens (tertiary/aromatic N) is 3. The molecule has 1 aromatic heterocycles. The number of nitrogens with one attached hydrogen (secondary N) is 1. The number of nitrogens with two attached hydrogens (primary N) is 1. The smallest absolute Gasteiger partial charge is 0.148 e. The predicted octanol–water partition coefficient (Wildman–Crippen LogP) is 1.19. The van der Waals surface area contributed by atoms with Gasteiger partial charge in [-0.2, -0.15) is 0 Å². The number of hydrogen-bond donors (Lipinski definition) is 2. The summed E-state index contributed by atoms with van der Waals surface area (Å²) in [6.45, 7) is 6.59. The normalized spacial score (nSPS) is 10.4. The molecule has 0 fully saturated rings. The molecule has 3 N–H and O–H groups in total. The Morgan fingerprint density at radius 1 is 1.39 bits per heavy atom. The molecule has 0 bridgehead atoms. The van der Waals surface area contributed by atoms with Gasteiger partial charge in [0.25, 0.3) is 0 Å². The molecule has 18 heavy (non-hydrogen) atoms. The molecule has 102 valence electrons. The number of ether oxygens (including phenoxy) is 1. The standard InChI is InChI=1S/C12H23N5O/c1-4-6-10-11(16-13)14-9-15-12(10)17(5-2)7-8-18-3/h9H,4-8,13H2,1-3H3,(H,14,15,16). The van der Waals surface area contributed by atoms with Gasteiger partial charge < -0.3 is 15.1 Å². The maximum Gasteiger partial charge on any atom is 0.148 e. The van der Waals surface area contributed by atoms with E-state index in [0.717, 1.165) is 37.3 Å². The van der Waals surface area contributed by atoms with Crippen LogP contribution in [-0.4, -0.2) is 36.8 Å². The van der Waals surface area contributed by atoms with Gasteiger partial charge in [0, 0.05) is 25.8 Å². The second kappa shape index (κ2) is 7.84. The zero-order valence-electron chi connectivity index (χ0n) is 11.4. The molecule has 0 radical (unpaired) electrons. The lowest BCUT2D eigenvalue weighted by Gasteiger charge is -2.24. The zero-order chi connectivity index (χ0) is 13.4. The van der Waals surface area contributed by atoms with Gasteiger partial charge in [-0.3, -0.25) is 0 Å². The van der Waals surface area contributed by atoms with Gasteiger partial charge in [0.05, 0.1) is 6.61 Å². The van der Waals surface area contributed by atoms with Gasteiger partial charge >= 0.3 is 0 Å². The summed E-state index contributed by atoms with van der Waals surface area (Å²) in [5.41, 5.74) is 3.72. The van der Waals surface area contributed by atoms with E-state index in [9.17, 15) is 0 Å². The molecular weight excluding hydrogens is 230 g/mol. The SMILES string of the molecule is CCCc1c(NN)ncnc1N(CC)CCOC. The molecule has 0 saturated carbocycles. The second-order valence-corrected chi connectivity index (χ2v) is 3.99. The van der Waals surface area contributed by atoms with Crippen LogP contribution in [0, 0.1) is 0 Å². The highest BCUT2D eigenvalue weighted by Crippen LogP contribution is 2.24. The van der Waals surface area contributed by atoms with E-state index < -0.39 is 0 Å². The van der Waals surface area contributed by atoms with Crippen LogP contribution in [0.4, 0.5) is 11.6 Å². The Kier molecular flexibility index (Phi) is 6.38. The summed E-state index contributed by atoms with van der Waals surface area (Å²) in [6.07, 6.45) is 3.47. The highest BCUT2D eigenvalue weighted by atomic mass is 16.5. The lowest BCUT2D eigenvalue weighted by Crippen LogP contribution is -2.29. The van der Waals surface area contributed by atoms with Gasteiger partial charge in [0.15, 0.2) is 0 Å². The van der Waals surface area contributed by atoms with Crippen LogP contribution >= 0.6 is 0 Å².